The molecule has 0 atom stereocenters. The Labute approximate surface area is 225 Å². The minimum Gasteiger partial charge on any atom is -0.493 e. The van der Waals surface area contributed by atoms with E-state index in [0.717, 1.165) is 26.5 Å². The number of thioether (sulfide) groups is 1. The van der Waals surface area contributed by atoms with E-state index in [2.05, 4.69) is 22.6 Å². The molecule has 0 aliphatic carbocycles. The van der Waals surface area contributed by atoms with Gasteiger partial charge in [0, 0.05) is 10.0 Å². The van der Waals surface area contributed by atoms with Crippen LogP contribution < -0.4 is 9.47 Å². The molecule has 174 valence electrons. The van der Waals surface area contributed by atoms with Crippen LogP contribution in [0.4, 0.5) is 4.79 Å². The summed E-state index contributed by atoms with van der Waals surface area (Å²) < 4.78 is 12.4. The van der Waals surface area contributed by atoms with E-state index in [9.17, 15) is 9.59 Å². The molecule has 1 fully saturated rings. The Hall–Kier alpha value is -2.20. The number of carbonyl (C=O) groups excluding carboxylic acids is 2. The maximum absolute atomic E-state index is 13.0. The Balaban J connectivity index is 1.54. The first-order valence-electron chi connectivity index (χ1n) is 10.1. The van der Waals surface area contributed by atoms with Gasteiger partial charge in [0.15, 0.2) is 11.5 Å². The van der Waals surface area contributed by atoms with E-state index >= 15 is 0 Å². The fourth-order valence-electron chi connectivity index (χ4n) is 3.30. The predicted octanol–water partition coefficient (Wildman–Crippen LogP) is 7.42. The number of ether oxygens (including phenoxy) is 2. The van der Waals surface area contributed by atoms with E-state index in [4.69, 9.17) is 32.7 Å². The van der Waals surface area contributed by atoms with Gasteiger partial charge in [-0.05, 0) is 81.4 Å². The number of halogens is 3. The molecule has 0 spiro atoms. The second kappa shape index (κ2) is 11.0. The summed E-state index contributed by atoms with van der Waals surface area (Å²) in [6.45, 7) is 0.476. The number of benzene rings is 3. The molecule has 0 aromatic heterocycles. The SMILES string of the molecule is COc1cc(/C=C2\SC(=O)N(Cc3ccc(Cl)cc3Cl)C2=O)cc(I)c1OCc1ccccc1. The van der Waals surface area contributed by atoms with Crippen LogP contribution in [-0.2, 0) is 17.9 Å². The van der Waals surface area contributed by atoms with Crippen LogP contribution in [0, 0.1) is 3.57 Å². The van der Waals surface area contributed by atoms with Crippen molar-refractivity contribution in [2.24, 2.45) is 0 Å². The predicted molar refractivity (Wildman–Crippen MR) is 144 cm³/mol. The number of amides is 2. The Morgan fingerprint density at radius 2 is 1.82 bits per heavy atom. The van der Waals surface area contributed by atoms with Crippen molar-refractivity contribution < 1.29 is 19.1 Å². The number of hydrogen-bond acceptors (Lipinski definition) is 5. The lowest BCUT2D eigenvalue weighted by Gasteiger charge is -2.14. The summed E-state index contributed by atoms with van der Waals surface area (Å²) in [7, 11) is 1.56. The van der Waals surface area contributed by atoms with Crippen molar-refractivity contribution in [2.45, 2.75) is 13.2 Å². The van der Waals surface area contributed by atoms with E-state index in [1.807, 2.05) is 36.4 Å². The largest absolute Gasteiger partial charge is 0.493 e. The molecular weight excluding hydrogens is 608 g/mol. The van der Waals surface area contributed by atoms with Crippen LogP contribution >= 0.6 is 57.6 Å². The van der Waals surface area contributed by atoms with Gasteiger partial charge in [-0.25, -0.2) is 0 Å². The van der Waals surface area contributed by atoms with Crippen LogP contribution in [0.3, 0.4) is 0 Å². The number of rotatable bonds is 7. The van der Waals surface area contributed by atoms with E-state index < -0.39 is 0 Å². The topological polar surface area (TPSA) is 55.8 Å². The Morgan fingerprint density at radius 3 is 2.53 bits per heavy atom. The summed E-state index contributed by atoms with van der Waals surface area (Å²) in [6, 6.07) is 18.5. The molecule has 34 heavy (non-hydrogen) atoms. The summed E-state index contributed by atoms with van der Waals surface area (Å²) in [6.07, 6.45) is 1.68. The van der Waals surface area contributed by atoms with Gasteiger partial charge < -0.3 is 9.47 Å². The third kappa shape index (κ3) is 5.71. The quantitative estimate of drug-likeness (QED) is 0.202. The van der Waals surface area contributed by atoms with E-state index in [0.29, 0.717) is 38.6 Å². The zero-order valence-corrected chi connectivity index (χ0v) is 22.4. The lowest BCUT2D eigenvalue weighted by molar-refractivity contribution is -0.123. The first kappa shape index (κ1) is 24.9. The lowest BCUT2D eigenvalue weighted by Crippen LogP contribution is -2.27. The van der Waals surface area contributed by atoms with Crippen LogP contribution in [0.15, 0.2) is 65.6 Å². The minimum atomic E-state index is -0.376. The Bertz CT molecular complexity index is 1280. The van der Waals surface area contributed by atoms with Crippen LogP contribution in [0.2, 0.25) is 10.0 Å². The molecule has 5 nitrogen and oxygen atoms in total. The second-order valence-corrected chi connectivity index (χ2v) is 10.3. The van der Waals surface area contributed by atoms with Crippen molar-refractivity contribution in [3.05, 3.63) is 95.9 Å². The molecule has 2 amide bonds. The van der Waals surface area contributed by atoms with Gasteiger partial charge in [-0.2, -0.15) is 0 Å². The molecule has 0 N–H and O–H groups in total. The monoisotopic (exact) mass is 625 g/mol. The molecule has 3 aromatic rings. The Morgan fingerprint density at radius 1 is 1.06 bits per heavy atom. The Kier molecular flexibility index (Phi) is 8.08. The molecule has 0 saturated carbocycles. The highest BCUT2D eigenvalue weighted by atomic mass is 127. The highest BCUT2D eigenvalue weighted by molar-refractivity contribution is 14.1. The van der Waals surface area contributed by atoms with Crippen molar-refractivity contribution in [1.29, 1.82) is 0 Å². The third-order valence-electron chi connectivity index (χ3n) is 4.99. The molecule has 1 saturated heterocycles. The molecule has 1 heterocycles. The molecule has 0 bridgehead atoms. The van der Waals surface area contributed by atoms with Gasteiger partial charge in [0.25, 0.3) is 11.1 Å². The van der Waals surface area contributed by atoms with Crippen LogP contribution in [-0.4, -0.2) is 23.2 Å². The number of imide groups is 1. The normalized spacial score (nSPS) is 14.7. The van der Waals surface area contributed by atoms with Crippen LogP contribution in [0.1, 0.15) is 16.7 Å². The highest BCUT2D eigenvalue weighted by Gasteiger charge is 2.35. The molecule has 0 radical (unpaired) electrons. The number of carbonyl (C=O) groups is 2. The maximum Gasteiger partial charge on any atom is 0.293 e. The summed E-state index contributed by atoms with van der Waals surface area (Å²) in [4.78, 5) is 27.0. The molecule has 0 unspecified atom stereocenters. The van der Waals surface area contributed by atoms with E-state index in [1.54, 1.807) is 37.5 Å². The van der Waals surface area contributed by atoms with E-state index in [-0.39, 0.29) is 17.7 Å². The average molecular weight is 626 g/mol. The van der Waals surface area contributed by atoms with Crippen LogP contribution in [0.5, 0.6) is 11.5 Å². The van der Waals surface area contributed by atoms with Crippen molar-refractivity contribution in [3.63, 3.8) is 0 Å². The maximum atomic E-state index is 13.0. The third-order valence-corrected chi connectivity index (χ3v) is 7.29. The molecule has 3 aromatic carbocycles. The highest BCUT2D eigenvalue weighted by Crippen LogP contribution is 2.38. The average Bonchev–Trinajstić information content (AvgIpc) is 3.07. The van der Waals surface area contributed by atoms with Gasteiger partial charge in [-0.15, -0.1) is 0 Å². The standard InChI is InChI=1S/C25H18Cl2INO4S/c1-32-21-10-16(9-20(28)23(21)33-14-15-5-3-2-4-6-15)11-22-24(30)29(25(31)34-22)13-17-7-8-18(26)12-19(17)27/h2-12H,13-14H2,1H3/b22-11-. The minimum absolute atomic E-state index is 0.0745. The first-order valence-corrected chi connectivity index (χ1v) is 12.7. The molecule has 1 aliphatic rings. The van der Waals surface area contributed by atoms with Gasteiger partial charge in [0.05, 0.1) is 22.1 Å². The second-order valence-electron chi connectivity index (χ2n) is 7.31. The van der Waals surface area contributed by atoms with Crippen molar-refractivity contribution in [3.8, 4) is 11.5 Å². The zero-order valence-electron chi connectivity index (χ0n) is 17.9. The number of hydrogen-bond donors (Lipinski definition) is 0. The van der Waals surface area contributed by atoms with E-state index in [1.165, 1.54) is 4.90 Å². The van der Waals surface area contributed by atoms with Gasteiger partial charge in [-0.1, -0.05) is 59.6 Å². The summed E-state index contributed by atoms with van der Waals surface area (Å²) in [5.74, 6) is 0.787. The zero-order chi connectivity index (χ0) is 24.2. The van der Waals surface area contributed by atoms with Crippen molar-refractivity contribution in [2.75, 3.05) is 7.11 Å². The lowest BCUT2D eigenvalue weighted by atomic mass is 10.1. The van der Waals surface area contributed by atoms with Crippen molar-refractivity contribution >= 4 is 74.8 Å². The number of nitrogens with zero attached hydrogens (tertiary/aromatic N) is 1. The summed E-state index contributed by atoms with van der Waals surface area (Å²) in [5, 5.41) is 0.537. The summed E-state index contributed by atoms with van der Waals surface area (Å²) in [5.41, 5.74) is 2.41. The number of methoxy groups -OCH3 is 1. The fourth-order valence-corrected chi connectivity index (χ4v) is 5.39. The van der Waals surface area contributed by atoms with Crippen LogP contribution in [0.25, 0.3) is 6.08 Å². The molecular formula is C25H18Cl2INO4S. The fraction of sp³-hybridized carbons (Fsp3) is 0.120. The summed E-state index contributed by atoms with van der Waals surface area (Å²) >= 11 is 15.2. The van der Waals surface area contributed by atoms with Gasteiger partial charge in [-0.3, -0.25) is 14.5 Å². The van der Waals surface area contributed by atoms with Gasteiger partial charge >= 0.3 is 0 Å². The van der Waals surface area contributed by atoms with Gasteiger partial charge in [0.1, 0.15) is 6.61 Å². The molecule has 9 heteroatoms. The molecule has 4 rings (SSSR count). The first-order chi connectivity index (χ1) is 16.4. The van der Waals surface area contributed by atoms with Gasteiger partial charge in [0.2, 0.25) is 0 Å². The smallest absolute Gasteiger partial charge is 0.293 e. The van der Waals surface area contributed by atoms with Crippen molar-refractivity contribution in [1.82, 2.24) is 4.90 Å². The molecule has 1 aliphatic heterocycles.